The summed E-state index contributed by atoms with van der Waals surface area (Å²) in [7, 11) is -1.06. The predicted octanol–water partition coefficient (Wildman–Crippen LogP) is 3.95. The summed E-state index contributed by atoms with van der Waals surface area (Å²) in [6, 6.07) is 14.6. The minimum atomic E-state index is -1.06. The Morgan fingerprint density at radius 3 is 2.37 bits per heavy atom. The van der Waals surface area contributed by atoms with E-state index in [0.717, 1.165) is 0 Å². The van der Waals surface area contributed by atoms with Crippen molar-refractivity contribution in [2.75, 3.05) is 0 Å². The topological polar surface area (TPSA) is 29.1 Å². The van der Waals surface area contributed by atoms with Crippen LogP contribution in [-0.2, 0) is 11.0 Å². The molecule has 0 aromatic heterocycles. The standard InChI is InChI=1S/C16H21NOS/c1-12(17-19(18)16(2,3)4)14-11-7-9-13-8-5-6-10-15(13)14/h5-12,17H,1-4H3/t12-,19?/m0/s1. The highest BCUT2D eigenvalue weighted by Gasteiger charge is 2.22. The van der Waals surface area contributed by atoms with Crippen molar-refractivity contribution in [2.24, 2.45) is 0 Å². The first-order chi connectivity index (χ1) is 8.89. The Labute approximate surface area is 117 Å². The van der Waals surface area contributed by atoms with Gasteiger partial charge in [-0.2, -0.15) is 0 Å². The van der Waals surface area contributed by atoms with Crippen LogP contribution in [0.4, 0.5) is 0 Å². The van der Waals surface area contributed by atoms with Crippen molar-refractivity contribution in [1.82, 2.24) is 4.72 Å². The fraction of sp³-hybridized carbons (Fsp3) is 0.375. The van der Waals surface area contributed by atoms with Crippen molar-refractivity contribution in [1.29, 1.82) is 0 Å². The third-order valence-corrected chi connectivity index (χ3v) is 4.81. The van der Waals surface area contributed by atoms with E-state index in [1.54, 1.807) is 0 Å². The number of hydrogen-bond donors (Lipinski definition) is 1. The highest BCUT2D eigenvalue weighted by Crippen LogP contribution is 2.25. The molecule has 0 radical (unpaired) electrons. The van der Waals surface area contributed by atoms with Gasteiger partial charge in [-0.05, 0) is 44.0 Å². The van der Waals surface area contributed by atoms with Gasteiger partial charge in [0, 0.05) is 6.04 Å². The molecule has 2 aromatic carbocycles. The zero-order valence-electron chi connectivity index (χ0n) is 11.9. The first-order valence-corrected chi connectivity index (χ1v) is 7.70. The molecule has 0 amide bonds. The molecule has 2 aromatic rings. The molecule has 0 fully saturated rings. The van der Waals surface area contributed by atoms with E-state index in [9.17, 15) is 4.21 Å². The van der Waals surface area contributed by atoms with Crippen molar-refractivity contribution in [3.8, 4) is 0 Å². The highest BCUT2D eigenvalue weighted by molar-refractivity contribution is 7.84. The maximum absolute atomic E-state index is 12.2. The Hall–Kier alpha value is -1.19. The fourth-order valence-corrected chi connectivity index (χ4v) is 2.83. The van der Waals surface area contributed by atoms with Gasteiger partial charge in [0.25, 0.3) is 0 Å². The Morgan fingerprint density at radius 2 is 1.68 bits per heavy atom. The van der Waals surface area contributed by atoms with E-state index in [4.69, 9.17) is 0 Å². The van der Waals surface area contributed by atoms with Crippen LogP contribution in [0.3, 0.4) is 0 Å². The van der Waals surface area contributed by atoms with Crippen LogP contribution in [0, 0.1) is 0 Å². The quantitative estimate of drug-likeness (QED) is 0.902. The fourth-order valence-electron chi connectivity index (χ4n) is 2.03. The average Bonchev–Trinajstić information content (AvgIpc) is 2.36. The molecular formula is C16H21NOS. The second-order valence-corrected chi connectivity index (χ2v) is 7.79. The van der Waals surface area contributed by atoms with Crippen LogP contribution in [0.15, 0.2) is 42.5 Å². The molecule has 1 N–H and O–H groups in total. The molecule has 3 heteroatoms. The molecule has 0 aliphatic rings. The van der Waals surface area contributed by atoms with Gasteiger partial charge in [0.15, 0.2) is 0 Å². The Morgan fingerprint density at radius 1 is 1.05 bits per heavy atom. The predicted molar refractivity (Wildman–Crippen MR) is 83.4 cm³/mol. The molecule has 0 saturated heterocycles. The Balaban J connectivity index is 2.32. The molecule has 1 unspecified atom stereocenters. The number of hydrogen-bond acceptors (Lipinski definition) is 1. The second-order valence-electron chi connectivity index (χ2n) is 5.79. The van der Waals surface area contributed by atoms with Gasteiger partial charge in [-0.3, -0.25) is 0 Å². The molecule has 102 valence electrons. The summed E-state index contributed by atoms with van der Waals surface area (Å²) in [6.07, 6.45) is 0. The highest BCUT2D eigenvalue weighted by atomic mass is 32.2. The largest absolute Gasteiger partial charge is 0.242 e. The van der Waals surface area contributed by atoms with Gasteiger partial charge in [0.05, 0.1) is 15.7 Å². The van der Waals surface area contributed by atoms with Crippen molar-refractivity contribution < 1.29 is 4.21 Å². The van der Waals surface area contributed by atoms with Crippen molar-refractivity contribution >= 4 is 21.8 Å². The third-order valence-electron chi connectivity index (χ3n) is 3.13. The summed E-state index contributed by atoms with van der Waals surface area (Å²) >= 11 is 0. The van der Waals surface area contributed by atoms with E-state index in [1.165, 1.54) is 16.3 Å². The molecule has 2 atom stereocenters. The van der Waals surface area contributed by atoms with Gasteiger partial charge in [0.1, 0.15) is 0 Å². The molecule has 2 rings (SSSR count). The number of fused-ring (bicyclic) bond motifs is 1. The number of rotatable bonds is 3. The lowest BCUT2D eigenvalue weighted by Gasteiger charge is -2.23. The van der Waals surface area contributed by atoms with Crippen LogP contribution < -0.4 is 4.72 Å². The molecule has 0 aliphatic carbocycles. The Kier molecular flexibility index (Phi) is 4.07. The van der Waals surface area contributed by atoms with Crippen LogP contribution in [-0.4, -0.2) is 8.96 Å². The van der Waals surface area contributed by atoms with Gasteiger partial charge < -0.3 is 0 Å². The Bertz CT molecular complexity index is 596. The second kappa shape index (κ2) is 5.43. The van der Waals surface area contributed by atoms with E-state index < -0.39 is 11.0 Å². The van der Waals surface area contributed by atoms with Crippen LogP contribution >= 0.6 is 0 Å². The zero-order valence-corrected chi connectivity index (χ0v) is 12.8. The maximum Gasteiger partial charge on any atom is 0.0975 e. The van der Waals surface area contributed by atoms with Crippen molar-refractivity contribution in [3.05, 3.63) is 48.0 Å². The van der Waals surface area contributed by atoms with Crippen molar-refractivity contribution in [3.63, 3.8) is 0 Å². The normalized spacial score (nSPS) is 15.4. The summed E-state index contributed by atoms with van der Waals surface area (Å²) in [4.78, 5) is 0. The molecule has 2 nitrogen and oxygen atoms in total. The van der Waals surface area contributed by atoms with Crippen LogP contribution in [0.25, 0.3) is 10.8 Å². The molecule has 0 saturated carbocycles. The first kappa shape index (κ1) is 14.2. The lowest BCUT2D eigenvalue weighted by atomic mass is 10.0. The van der Waals surface area contributed by atoms with E-state index in [2.05, 4.69) is 42.0 Å². The number of nitrogens with one attached hydrogen (secondary N) is 1. The SMILES string of the molecule is C[C@H](NS(=O)C(C)(C)C)c1cccc2ccccc12. The lowest BCUT2D eigenvalue weighted by molar-refractivity contribution is 0.617. The van der Waals surface area contributed by atoms with Crippen LogP contribution in [0.5, 0.6) is 0 Å². The molecule has 19 heavy (non-hydrogen) atoms. The van der Waals surface area contributed by atoms with E-state index in [1.807, 2.05) is 32.9 Å². The van der Waals surface area contributed by atoms with Crippen LogP contribution in [0.2, 0.25) is 0 Å². The lowest BCUT2D eigenvalue weighted by Crippen LogP contribution is -2.34. The summed E-state index contributed by atoms with van der Waals surface area (Å²) in [5, 5.41) is 2.44. The summed E-state index contributed by atoms with van der Waals surface area (Å²) in [5.74, 6) is 0. The zero-order chi connectivity index (χ0) is 14.0. The monoisotopic (exact) mass is 275 g/mol. The summed E-state index contributed by atoms with van der Waals surface area (Å²) in [5.41, 5.74) is 1.19. The average molecular weight is 275 g/mol. The van der Waals surface area contributed by atoms with E-state index >= 15 is 0 Å². The summed E-state index contributed by atoms with van der Waals surface area (Å²) in [6.45, 7) is 8.00. The molecule has 0 heterocycles. The van der Waals surface area contributed by atoms with Gasteiger partial charge in [-0.25, -0.2) is 8.93 Å². The third kappa shape index (κ3) is 3.23. The van der Waals surface area contributed by atoms with E-state index in [0.29, 0.717) is 0 Å². The smallest absolute Gasteiger partial charge is 0.0975 e. The molecule has 0 bridgehead atoms. The molecular weight excluding hydrogens is 254 g/mol. The number of benzene rings is 2. The molecule has 0 spiro atoms. The maximum atomic E-state index is 12.2. The van der Waals surface area contributed by atoms with Gasteiger partial charge in [0.2, 0.25) is 0 Å². The van der Waals surface area contributed by atoms with Gasteiger partial charge in [-0.15, -0.1) is 0 Å². The van der Waals surface area contributed by atoms with Crippen LogP contribution in [0.1, 0.15) is 39.3 Å². The van der Waals surface area contributed by atoms with Gasteiger partial charge >= 0.3 is 0 Å². The first-order valence-electron chi connectivity index (χ1n) is 6.55. The van der Waals surface area contributed by atoms with E-state index in [-0.39, 0.29) is 10.8 Å². The molecule has 0 aliphatic heterocycles. The van der Waals surface area contributed by atoms with Crippen molar-refractivity contribution in [2.45, 2.75) is 38.5 Å². The summed E-state index contributed by atoms with van der Waals surface area (Å²) < 4.78 is 15.1. The van der Waals surface area contributed by atoms with Gasteiger partial charge in [-0.1, -0.05) is 42.5 Å². The minimum Gasteiger partial charge on any atom is -0.242 e. The minimum absolute atomic E-state index is 0.0613.